The second-order valence-corrected chi connectivity index (χ2v) is 2.68. The van der Waals surface area contributed by atoms with E-state index in [-0.39, 0.29) is 17.7 Å². The van der Waals surface area contributed by atoms with Crippen molar-refractivity contribution < 1.29 is 14.3 Å². The summed E-state index contributed by atoms with van der Waals surface area (Å²) in [4.78, 5) is 21.7. The summed E-state index contributed by atoms with van der Waals surface area (Å²) in [5.41, 5.74) is 0. The van der Waals surface area contributed by atoms with Crippen molar-refractivity contribution in [3.63, 3.8) is 0 Å². The predicted octanol–water partition coefficient (Wildman–Crippen LogP) is 0.714. The van der Waals surface area contributed by atoms with E-state index in [0.717, 1.165) is 0 Å². The molecule has 0 aromatic heterocycles. The van der Waals surface area contributed by atoms with Crippen molar-refractivity contribution in [3.8, 4) is 0 Å². The Hall–Kier alpha value is -0.700. The Morgan fingerprint density at radius 1 is 1.45 bits per heavy atom. The standard InChI is InChI=1S/C8H12O3/c1-2-6(9)3-4-7(10)8-5-11-8/h8H,2-5H2,1H3. The van der Waals surface area contributed by atoms with E-state index in [1.165, 1.54) is 0 Å². The van der Waals surface area contributed by atoms with Crippen LogP contribution in [0, 0.1) is 0 Å². The van der Waals surface area contributed by atoms with Gasteiger partial charge in [0.15, 0.2) is 5.78 Å². The van der Waals surface area contributed by atoms with Gasteiger partial charge in [-0.2, -0.15) is 0 Å². The number of ketones is 2. The number of epoxide rings is 1. The molecule has 0 aromatic carbocycles. The Balaban J connectivity index is 2.10. The minimum absolute atomic E-state index is 0.0757. The van der Waals surface area contributed by atoms with Crippen LogP contribution in [-0.4, -0.2) is 24.3 Å². The summed E-state index contributed by atoms with van der Waals surface area (Å²) >= 11 is 0. The van der Waals surface area contributed by atoms with Gasteiger partial charge in [0.1, 0.15) is 11.9 Å². The van der Waals surface area contributed by atoms with Crippen molar-refractivity contribution in [2.75, 3.05) is 6.61 Å². The molecule has 0 aromatic rings. The number of carbonyl (C=O) groups is 2. The van der Waals surface area contributed by atoms with Crippen LogP contribution in [-0.2, 0) is 14.3 Å². The molecule has 0 bridgehead atoms. The number of hydrogen-bond donors (Lipinski definition) is 0. The average Bonchev–Trinajstić information content (AvgIpc) is 2.81. The lowest BCUT2D eigenvalue weighted by atomic mass is 10.1. The van der Waals surface area contributed by atoms with E-state index in [4.69, 9.17) is 4.74 Å². The van der Waals surface area contributed by atoms with Gasteiger partial charge in [-0.1, -0.05) is 6.92 Å². The molecule has 0 N–H and O–H groups in total. The third-order valence-electron chi connectivity index (χ3n) is 1.74. The molecule has 1 fully saturated rings. The largest absolute Gasteiger partial charge is 0.365 e. The molecule has 62 valence electrons. The Morgan fingerprint density at radius 3 is 2.55 bits per heavy atom. The monoisotopic (exact) mass is 156 g/mol. The lowest BCUT2D eigenvalue weighted by Gasteiger charge is -1.94. The van der Waals surface area contributed by atoms with Crippen LogP contribution in [0.1, 0.15) is 26.2 Å². The van der Waals surface area contributed by atoms with Gasteiger partial charge in [0, 0.05) is 19.3 Å². The van der Waals surface area contributed by atoms with E-state index in [1.807, 2.05) is 0 Å². The summed E-state index contributed by atoms with van der Waals surface area (Å²) in [5.74, 6) is 0.228. The highest BCUT2D eigenvalue weighted by Crippen LogP contribution is 2.13. The molecule has 0 saturated carbocycles. The molecule has 1 aliphatic rings. The summed E-state index contributed by atoms with van der Waals surface area (Å²) < 4.78 is 4.78. The van der Waals surface area contributed by atoms with Gasteiger partial charge >= 0.3 is 0 Å². The third-order valence-corrected chi connectivity index (χ3v) is 1.74. The van der Waals surface area contributed by atoms with E-state index in [2.05, 4.69) is 0 Å². The molecular formula is C8H12O3. The minimum Gasteiger partial charge on any atom is -0.365 e. The number of Topliss-reactive ketones (excluding diaryl/α,β-unsaturated/α-hetero) is 2. The summed E-state index contributed by atoms with van der Waals surface area (Å²) in [6, 6.07) is 0. The fourth-order valence-electron chi connectivity index (χ4n) is 0.834. The van der Waals surface area contributed by atoms with Gasteiger partial charge in [-0.3, -0.25) is 9.59 Å². The van der Waals surface area contributed by atoms with Crippen molar-refractivity contribution in [3.05, 3.63) is 0 Å². The maximum Gasteiger partial charge on any atom is 0.164 e. The SMILES string of the molecule is CCC(=O)CCC(=O)C1CO1. The van der Waals surface area contributed by atoms with Gasteiger partial charge < -0.3 is 4.74 Å². The third kappa shape index (κ3) is 2.80. The Labute approximate surface area is 65.7 Å². The van der Waals surface area contributed by atoms with Gasteiger partial charge in [0.2, 0.25) is 0 Å². The first-order valence-corrected chi connectivity index (χ1v) is 3.90. The summed E-state index contributed by atoms with van der Waals surface area (Å²) in [7, 11) is 0. The summed E-state index contributed by atoms with van der Waals surface area (Å²) in [5, 5.41) is 0. The van der Waals surface area contributed by atoms with Crippen molar-refractivity contribution in [2.45, 2.75) is 32.3 Å². The first-order chi connectivity index (χ1) is 5.24. The average molecular weight is 156 g/mol. The second-order valence-electron chi connectivity index (χ2n) is 2.68. The molecule has 3 heteroatoms. The first-order valence-electron chi connectivity index (χ1n) is 3.90. The maximum absolute atomic E-state index is 10.9. The Morgan fingerprint density at radius 2 is 2.09 bits per heavy atom. The first kappa shape index (κ1) is 8.40. The molecular weight excluding hydrogens is 144 g/mol. The zero-order valence-corrected chi connectivity index (χ0v) is 6.63. The lowest BCUT2D eigenvalue weighted by molar-refractivity contribution is -0.124. The molecule has 3 nitrogen and oxygen atoms in total. The smallest absolute Gasteiger partial charge is 0.164 e. The van der Waals surface area contributed by atoms with Gasteiger partial charge in [-0.15, -0.1) is 0 Å². The minimum atomic E-state index is -0.181. The van der Waals surface area contributed by atoms with Crippen LogP contribution in [0.3, 0.4) is 0 Å². The zero-order valence-electron chi connectivity index (χ0n) is 6.63. The normalized spacial score (nSPS) is 21.4. The molecule has 1 heterocycles. The van der Waals surface area contributed by atoms with Gasteiger partial charge in [0.05, 0.1) is 6.61 Å². The van der Waals surface area contributed by atoms with E-state index >= 15 is 0 Å². The van der Waals surface area contributed by atoms with E-state index in [0.29, 0.717) is 25.9 Å². The predicted molar refractivity (Wildman–Crippen MR) is 39.3 cm³/mol. The Kier molecular flexibility index (Phi) is 2.76. The van der Waals surface area contributed by atoms with E-state index in [9.17, 15) is 9.59 Å². The van der Waals surface area contributed by atoms with Crippen LogP contribution in [0.25, 0.3) is 0 Å². The maximum atomic E-state index is 10.9. The number of hydrogen-bond acceptors (Lipinski definition) is 3. The van der Waals surface area contributed by atoms with Crippen molar-refractivity contribution in [1.82, 2.24) is 0 Å². The number of ether oxygens (including phenoxy) is 1. The molecule has 1 rings (SSSR count). The van der Waals surface area contributed by atoms with Crippen LogP contribution >= 0.6 is 0 Å². The van der Waals surface area contributed by atoms with Crippen molar-refractivity contribution >= 4 is 11.6 Å². The zero-order chi connectivity index (χ0) is 8.27. The summed E-state index contributed by atoms with van der Waals surface area (Å²) in [6.07, 6.45) is 1.09. The highest BCUT2D eigenvalue weighted by molar-refractivity contribution is 5.89. The molecule has 0 amide bonds. The van der Waals surface area contributed by atoms with E-state index < -0.39 is 0 Å². The summed E-state index contributed by atoms with van der Waals surface area (Å²) in [6.45, 7) is 2.36. The molecule has 1 atom stereocenters. The molecule has 0 aliphatic carbocycles. The molecule has 1 aliphatic heterocycles. The van der Waals surface area contributed by atoms with Gasteiger partial charge in [-0.05, 0) is 0 Å². The second kappa shape index (κ2) is 3.62. The molecule has 0 spiro atoms. The fourth-order valence-corrected chi connectivity index (χ4v) is 0.834. The topological polar surface area (TPSA) is 46.7 Å². The molecule has 1 saturated heterocycles. The van der Waals surface area contributed by atoms with Crippen LogP contribution in [0.5, 0.6) is 0 Å². The van der Waals surface area contributed by atoms with Crippen molar-refractivity contribution in [2.24, 2.45) is 0 Å². The number of rotatable bonds is 5. The van der Waals surface area contributed by atoms with Crippen molar-refractivity contribution in [1.29, 1.82) is 0 Å². The van der Waals surface area contributed by atoms with Gasteiger partial charge in [0.25, 0.3) is 0 Å². The number of carbonyl (C=O) groups excluding carboxylic acids is 2. The van der Waals surface area contributed by atoms with Gasteiger partial charge in [-0.25, -0.2) is 0 Å². The highest BCUT2D eigenvalue weighted by Gasteiger charge is 2.30. The van der Waals surface area contributed by atoms with Crippen LogP contribution in [0.2, 0.25) is 0 Å². The van der Waals surface area contributed by atoms with Crippen LogP contribution in [0.4, 0.5) is 0 Å². The molecule has 0 radical (unpaired) electrons. The quantitative estimate of drug-likeness (QED) is 0.551. The highest BCUT2D eigenvalue weighted by atomic mass is 16.6. The molecule has 1 unspecified atom stereocenters. The van der Waals surface area contributed by atoms with Crippen LogP contribution < -0.4 is 0 Å². The Bertz CT molecular complexity index is 170. The fraction of sp³-hybridized carbons (Fsp3) is 0.750. The molecule has 11 heavy (non-hydrogen) atoms. The van der Waals surface area contributed by atoms with Crippen LogP contribution in [0.15, 0.2) is 0 Å². The lowest BCUT2D eigenvalue weighted by Crippen LogP contribution is -2.08. The van der Waals surface area contributed by atoms with E-state index in [1.54, 1.807) is 6.92 Å².